The highest BCUT2D eigenvalue weighted by molar-refractivity contribution is 7.73. The van der Waals surface area contributed by atoms with Crippen LogP contribution < -0.4 is 15.2 Å². The fraction of sp³-hybridized carbons (Fsp3) is 0.250. The van der Waals surface area contributed by atoms with E-state index in [0.717, 1.165) is 0 Å². The van der Waals surface area contributed by atoms with Crippen molar-refractivity contribution >= 4 is 22.3 Å². The first-order valence-electron chi connectivity index (χ1n) is 4.21. The monoisotopic (exact) mass is 270 g/mol. The Morgan fingerprint density at radius 2 is 1.94 bits per heavy atom. The summed E-state index contributed by atoms with van der Waals surface area (Å²) in [5.41, 5.74) is 3.63. The summed E-state index contributed by atoms with van der Waals surface area (Å²) in [5.74, 6) is -0.155. The predicted molar refractivity (Wildman–Crippen MR) is 56.3 cm³/mol. The SMILES string of the molecule is COc1c(N)cc(C(F)(F)F)cc1N[SH](=O)=O. The Labute approximate surface area is 96.5 Å². The van der Waals surface area contributed by atoms with E-state index >= 15 is 0 Å². The second kappa shape index (κ2) is 4.70. The van der Waals surface area contributed by atoms with Crippen LogP contribution in [0.25, 0.3) is 0 Å². The lowest BCUT2D eigenvalue weighted by molar-refractivity contribution is -0.137. The molecule has 0 amide bonds. The van der Waals surface area contributed by atoms with Crippen molar-refractivity contribution in [2.24, 2.45) is 0 Å². The smallest absolute Gasteiger partial charge is 0.416 e. The van der Waals surface area contributed by atoms with Crippen LogP contribution in [0, 0.1) is 0 Å². The van der Waals surface area contributed by atoms with Gasteiger partial charge in [0.1, 0.15) is 0 Å². The molecule has 1 aromatic rings. The van der Waals surface area contributed by atoms with E-state index in [0.29, 0.717) is 12.1 Å². The highest BCUT2D eigenvalue weighted by Crippen LogP contribution is 2.39. The number of hydrogen-bond acceptors (Lipinski definition) is 4. The Hall–Kier alpha value is -1.64. The van der Waals surface area contributed by atoms with Crippen LogP contribution in [0.1, 0.15) is 5.56 Å². The molecule has 1 aromatic carbocycles. The number of nitrogen functional groups attached to an aromatic ring is 1. The van der Waals surface area contributed by atoms with Gasteiger partial charge in [0, 0.05) is 0 Å². The molecule has 0 aromatic heterocycles. The van der Waals surface area contributed by atoms with Crippen LogP contribution in [0.4, 0.5) is 24.5 Å². The third kappa shape index (κ3) is 3.16. The van der Waals surface area contributed by atoms with E-state index in [1.54, 1.807) is 0 Å². The molecule has 0 heterocycles. The zero-order valence-corrected chi connectivity index (χ0v) is 9.43. The van der Waals surface area contributed by atoms with Gasteiger partial charge in [0.25, 0.3) is 0 Å². The molecule has 17 heavy (non-hydrogen) atoms. The lowest BCUT2D eigenvalue weighted by Gasteiger charge is -2.14. The summed E-state index contributed by atoms with van der Waals surface area (Å²) in [6.45, 7) is 0. The average molecular weight is 270 g/mol. The molecule has 0 aliphatic heterocycles. The van der Waals surface area contributed by atoms with Gasteiger partial charge in [0.05, 0.1) is 24.0 Å². The standard InChI is InChI=1S/C8H9F3N2O3S/c1-16-7-5(12)2-4(8(9,10)11)3-6(7)13-17(14)15/h2-3,17H,12H2,1H3,(H,13,14,15). The minimum atomic E-state index is -4.62. The molecule has 9 heteroatoms. The van der Waals surface area contributed by atoms with E-state index < -0.39 is 22.6 Å². The van der Waals surface area contributed by atoms with E-state index in [2.05, 4.69) is 0 Å². The zero-order chi connectivity index (χ0) is 13.2. The van der Waals surface area contributed by atoms with Gasteiger partial charge in [-0.2, -0.15) is 13.2 Å². The lowest BCUT2D eigenvalue weighted by atomic mass is 10.1. The number of methoxy groups -OCH3 is 1. The van der Waals surface area contributed by atoms with Crippen molar-refractivity contribution in [2.45, 2.75) is 6.18 Å². The van der Waals surface area contributed by atoms with E-state index in [-0.39, 0.29) is 17.1 Å². The Morgan fingerprint density at radius 3 is 2.35 bits per heavy atom. The quantitative estimate of drug-likeness (QED) is 0.570. The fourth-order valence-electron chi connectivity index (χ4n) is 1.22. The molecule has 0 atom stereocenters. The number of thiol groups is 1. The largest absolute Gasteiger partial charge is 0.492 e. The maximum absolute atomic E-state index is 12.4. The maximum atomic E-state index is 12.4. The number of anilines is 2. The summed E-state index contributed by atoms with van der Waals surface area (Å²) in [6.07, 6.45) is -4.62. The summed E-state index contributed by atoms with van der Waals surface area (Å²) in [4.78, 5) is 0. The first kappa shape index (κ1) is 13.4. The number of nitrogens with one attached hydrogen (secondary N) is 1. The molecule has 0 spiro atoms. The van der Waals surface area contributed by atoms with Crippen molar-refractivity contribution < 1.29 is 26.3 Å². The first-order valence-corrected chi connectivity index (χ1v) is 5.39. The van der Waals surface area contributed by atoms with Crippen molar-refractivity contribution in [1.82, 2.24) is 0 Å². The number of ether oxygens (including phenoxy) is 1. The molecule has 0 unspecified atom stereocenters. The van der Waals surface area contributed by atoms with Crippen LogP contribution in [0.3, 0.4) is 0 Å². The number of alkyl halides is 3. The topological polar surface area (TPSA) is 81.4 Å². The molecule has 0 fully saturated rings. The van der Waals surface area contributed by atoms with E-state index in [1.165, 1.54) is 7.11 Å². The van der Waals surface area contributed by atoms with Gasteiger partial charge in [-0.3, -0.25) is 4.72 Å². The molecule has 5 nitrogen and oxygen atoms in total. The summed E-state index contributed by atoms with van der Waals surface area (Å²) in [5, 5.41) is 0. The van der Waals surface area contributed by atoms with Crippen molar-refractivity contribution in [2.75, 3.05) is 17.6 Å². The zero-order valence-electron chi connectivity index (χ0n) is 8.54. The molecule has 96 valence electrons. The number of rotatable bonds is 3. The van der Waals surface area contributed by atoms with Crippen molar-refractivity contribution in [3.8, 4) is 5.75 Å². The van der Waals surface area contributed by atoms with Gasteiger partial charge in [-0.15, -0.1) is 0 Å². The van der Waals surface area contributed by atoms with E-state index in [1.807, 2.05) is 4.72 Å². The molecular weight excluding hydrogens is 261 g/mol. The Morgan fingerprint density at radius 1 is 1.35 bits per heavy atom. The van der Waals surface area contributed by atoms with Crippen LogP contribution in [-0.2, 0) is 17.1 Å². The molecular formula is C8H9F3N2O3S. The summed E-state index contributed by atoms with van der Waals surface area (Å²) in [6, 6.07) is 1.28. The van der Waals surface area contributed by atoms with Crippen molar-refractivity contribution in [3.05, 3.63) is 17.7 Å². The third-order valence-electron chi connectivity index (χ3n) is 1.86. The van der Waals surface area contributed by atoms with Crippen molar-refractivity contribution in [3.63, 3.8) is 0 Å². The minimum Gasteiger partial charge on any atom is -0.492 e. The van der Waals surface area contributed by atoms with Gasteiger partial charge in [-0.05, 0) is 12.1 Å². The summed E-state index contributed by atoms with van der Waals surface area (Å²) < 4.78 is 64.8. The third-order valence-corrected chi connectivity index (χ3v) is 2.28. The number of benzene rings is 1. The Balaban J connectivity index is 3.38. The van der Waals surface area contributed by atoms with Gasteiger partial charge in [-0.25, -0.2) is 8.42 Å². The maximum Gasteiger partial charge on any atom is 0.416 e. The number of nitrogens with two attached hydrogens (primary N) is 1. The van der Waals surface area contributed by atoms with E-state index in [9.17, 15) is 21.6 Å². The van der Waals surface area contributed by atoms with Gasteiger partial charge < -0.3 is 10.5 Å². The fourth-order valence-corrected chi connectivity index (χ4v) is 1.59. The number of hydrogen-bond donors (Lipinski definition) is 3. The van der Waals surface area contributed by atoms with Crippen LogP contribution in [0.5, 0.6) is 5.75 Å². The van der Waals surface area contributed by atoms with Gasteiger partial charge in [0.2, 0.25) is 10.9 Å². The Bertz CT molecular complexity index is 492. The second-order valence-corrected chi connectivity index (χ2v) is 3.75. The molecule has 0 saturated carbocycles. The predicted octanol–water partition coefficient (Wildman–Crippen LogP) is 1.23. The highest BCUT2D eigenvalue weighted by atomic mass is 32.2. The molecule has 0 radical (unpaired) electrons. The van der Waals surface area contributed by atoms with Gasteiger partial charge in [0.15, 0.2) is 5.75 Å². The summed E-state index contributed by atoms with van der Waals surface area (Å²) in [7, 11) is -1.94. The molecule has 1 rings (SSSR count). The average Bonchev–Trinajstić information content (AvgIpc) is 2.14. The molecule has 0 aliphatic carbocycles. The molecule has 0 bridgehead atoms. The minimum absolute atomic E-state index is 0.155. The van der Waals surface area contributed by atoms with Crippen LogP contribution in [0.15, 0.2) is 12.1 Å². The van der Waals surface area contributed by atoms with Crippen LogP contribution in [0.2, 0.25) is 0 Å². The normalized spacial score (nSPS) is 11.6. The molecule has 3 N–H and O–H groups in total. The Kier molecular flexibility index (Phi) is 3.71. The van der Waals surface area contributed by atoms with Gasteiger partial charge >= 0.3 is 6.18 Å². The van der Waals surface area contributed by atoms with Crippen molar-refractivity contribution in [1.29, 1.82) is 0 Å². The first-order chi connectivity index (χ1) is 7.75. The highest BCUT2D eigenvalue weighted by Gasteiger charge is 2.32. The van der Waals surface area contributed by atoms with E-state index in [4.69, 9.17) is 10.5 Å². The van der Waals surface area contributed by atoms with Crippen LogP contribution in [-0.4, -0.2) is 15.5 Å². The summed E-state index contributed by atoms with van der Waals surface area (Å²) >= 11 is 0. The number of halogens is 3. The molecule has 0 aliphatic rings. The van der Waals surface area contributed by atoms with Gasteiger partial charge in [-0.1, -0.05) is 0 Å². The van der Waals surface area contributed by atoms with Crippen LogP contribution >= 0.6 is 0 Å². The molecule has 0 saturated heterocycles. The second-order valence-electron chi connectivity index (χ2n) is 3.01. The lowest BCUT2D eigenvalue weighted by Crippen LogP contribution is -2.09.